The van der Waals surface area contributed by atoms with E-state index in [0.717, 1.165) is 27.5 Å². The fourth-order valence-corrected chi connectivity index (χ4v) is 3.30. The number of furan rings is 1. The summed E-state index contributed by atoms with van der Waals surface area (Å²) in [7, 11) is 0. The summed E-state index contributed by atoms with van der Waals surface area (Å²) in [4.78, 5) is 0. The van der Waals surface area contributed by atoms with Crippen molar-refractivity contribution in [1.82, 2.24) is 0 Å². The molecule has 2 N–H and O–H groups in total. The van der Waals surface area contributed by atoms with E-state index in [-0.39, 0.29) is 11.9 Å². The minimum Gasteiger partial charge on any atom is -0.456 e. The first-order chi connectivity index (χ1) is 10.2. The van der Waals surface area contributed by atoms with Gasteiger partial charge in [-0.05, 0) is 58.3 Å². The SMILES string of the molecule is NC(c1ccsc1)c1ccc2oc3ccc(F)cc3c2c1. The Balaban J connectivity index is 1.92. The van der Waals surface area contributed by atoms with Crippen LogP contribution in [-0.2, 0) is 0 Å². The van der Waals surface area contributed by atoms with E-state index in [1.54, 1.807) is 17.4 Å². The summed E-state index contributed by atoms with van der Waals surface area (Å²) in [6, 6.07) is 12.2. The van der Waals surface area contributed by atoms with Crippen molar-refractivity contribution < 1.29 is 8.81 Å². The van der Waals surface area contributed by atoms with E-state index < -0.39 is 0 Å². The van der Waals surface area contributed by atoms with E-state index in [0.29, 0.717) is 5.58 Å². The third-order valence-electron chi connectivity index (χ3n) is 3.72. The maximum Gasteiger partial charge on any atom is 0.135 e. The van der Waals surface area contributed by atoms with Gasteiger partial charge in [-0.1, -0.05) is 6.07 Å². The first-order valence-electron chi connectivity index (χ1n) is 6.62. The Kier molecular flexibility index (Phi) is 2.80. The molecule has 0 aliphatic heterocycles. The number of thiophene rings is 1. The summed E-state index contributed by atoms with van der Waals surface area (Å²) in [6.07, 6.45) is 0. The zero-order valence-electron chi connectivity index (χ0n) is 11.0. The molecule has 0 fully saturated rings. The van der Waals surface area contributed by atoms with Gasteiger partial charge in [0.1, 0.15) is 17.0 Å². The Bertz CT molecular complexity index is 927. The number of rotatable bonds is 2. The summed E-state index contributed by atoms with van der Waals surface area (Å²) in [5.41, 5.74) is 9.81. The third-order valence-corrected chi connectivity index (χ3v) is 4.42. The lowest BCUT2D eigenvalue weighted by Gasteiger charge is -2.10. The van der Waals surface area contributed by atoms with E-state index in [9.17, 15) is 4.39 Å². The fraction of sp³-hybridized carbons (Fsp3) is 0.0588. The van der Waals surface area contributed by atoms with Gasteiger partial charge in [-0.25, -0.2) is 4.39 Å². The van der Waals surface area contributed by atoms with Gasteiger partial charge in [-0.15, -0.1) is 0 Å². The highest BCUT2D eigenvalue weighted by molar-refractivity contribution is 7.08. The van der Waals surface area contributed by atoms with E-state index in [1.165, 1.54) is 12.1 Å². The normalized spacial score (nSPS) is 13.0. The molecule has 0 radical (unpaired) electrons. The highest BCUT2D eigenvalue weighted by Gasteiger charge is 2.13. The van der Waals surface area contributed by atoms with Gasteiger partial charge in [0.15, 0.2) is 0 Å². The Hall–Kier alpha value is -2.17. The molecule has 0 aliphatic rings. The van der Waals surface area contributed by atoms with Gasteiger partial charge < -0.3 is 10.2 Å². The Labute approximate surface area is 124 Å². The van der Waals surface area contributed by atoms with Gasteiger partial charge in [0, 0.05) is 10.8 Å². The molecule has 1 atom stereocenters. The lowest BCUT2D eigenvalue weighted by atomic mass is 10.00. The van der Waals surface area contributed by atoms with Crippen molar-refractivity contribution in [2.24, 2.45) is 5.73 Å². The van der Waals surface area contributed by atoms with Crippen molar-refractivity contribution in [2.45, 2.75) is 6.04 Å². The topological polar surface area (TPSA) is 39.2 Å². The van der Waals surface area contributed by atoms with Crippen LogP contribution in [0.5, 0.6) is 0 Å². The van der Waals surface area contributed by atoms with Crippen LogP contribution in [0.15, 0.2) is 57.6 Å². The van der Waals surface area contributed by atoms with Gasteiger partial charge in [-0.3, -0.25) is 0 Å². The van der Waals surface area contributed by atoms with Crippen LogP contribution in [0.4, 0.5) is 4.39 Å². The number of benzene rings is 2. The molecule has 104 valence electrons. The number of hydrogen-bond donors (Lipinski definition) is 1. The van der Waals surface area contributed by atoms with Crippen LogP contribution in [0.1, 0.15) is 17.2 Å². The summed E-state index contributed by atoms with van der Waals surface area (Å²) in [5, 5.41) is 5.73. The van der Waals surface area contributed by atoms with E-state index in [4.69, 9.17) is 10.2 Å². The Morgan fingerprint density at radius 3 is 2.48 bits per heavy atom. The van der Waals surface area contributed by atoms with Crippen molar-refractivity contribution in [2.75, 3.05) is 0 Å². The van der Waals surface area contributed by atoms with Crippen LogP contribution < -0.4 is 5.73 Å². The summed E-state index contributed by atoms with van der Waals surface area (Å²) in [5.74, 6) is -0.266. The Morgan fingerprint density at radius 2 is 1.71 bits per heavy atom. The predicted octanol–water partition coefficient (Wildman–Crippen LogP) is 4.83. The first-order valence-corrected chi connectivity index (χ1v) is 7.56. The molecule has 2 aromatic heterocycles. The van der Waals surface area contributed by atoms with Crippen molar-refractivity contribution >= 4 is 33.3 Å². The highest BCUT2D eigenvalue weighted by Crippen LogP contribution is 2.32. The van der Waals surface area contributed by atoms with Crippen LogP contribution in [0.25, 0.3) is 21.9 Å². The van der Waals surface area contributed by atoms with Crippen molar-refractivity contribution in [3.05, 3.63) is 70.2 Å². The molecule has 4 heteroatoms. The molecule has 2 heterocycles. The number of hydrogen-bond acceptors (Lipinski definition) is 3. The lowest BCUT2D eigenvalue weighted by molar-refractivity contribution is 0.626. The minimum atomic E-state index is -0.266. The number of fused-ring (bicyclic) bond motifs is 3. The van der Waals surface area contributed by atoms with Gasteiger partial charge in [-0.2, -0.15) is 11.3 Å². The standard InChI is InChI=1S/C17H12FNOS/c18-12-2-4-16-14(8-12)13-7-10(1-3-15(13)20-16)17(19)11-5-6-21-9-11/h1-9,17H,19H2. The zero-order chi connectivity index (χ0) is 14.4. The summed E-state index contributed by atoms with van der Waals surface area (Å²) < 4.78 is 19.2. The summed E-state index contributed by atoms with van der Waals surface area (Å²) >= 11 is 1.62. The molecular formula is C17H12FNOS. The molecule has 0 bridgehead atoms. The van der Waals surface area contributed by atoms with E-state index >= 15 is 0 Å². The van der Waals surface area contributed by atoms with Crippen LogP contribution >= 0.6 is 11.3 Å². The molecular weight excluding hydrogens is 285 g/mol. The molecule has 1 unspecified atom stereocenters. The quantitative estimate of drug-likeness (QED) is 0.575. The third kappa shape index (κ3) is 2.04. The molecule has 0 amide bonds. The van der Waals surface area contributed by atoms with Crippen LogP contribution in [0.2, 0.25) is 0 Å². The van der Waals surface area contributed by atoms with Gasteiger partial charge in [0.05, 0.1) is 6.04 Å². The number of nitrogens with two attached hydrogens (primary N) is 1. The second kappa shape index (κ2) is 4.69. The number of halogens is 1. The molecule has 0 saturated heterocycles. The zero-order valence-corrected chi connectivity index (χ0v) is 11.9. The monoisotopic (exact) mass is 297 g/mol. The first kappa shape index (κ1) is 12.6. The van der Waals surface area contributed by atoms with Crippen molar-refractivity contribution in [1.29, 1.82) is 0 Å². The van der Waals surface area contributed by atoms with Crippen molar-refractivity contribution in [3.8, 4) is 0 Å². The largest absolute Gasteiger partial charge is 0.456 e. The second-order valence-corrected chi connectivity index (χ2v) is 5.81. The molecule has 0 saturated carbocycles. The van der Waals surface area contributed by atoms with E-state index in [1.807, 2.05) is 35.0 Å². The molecule has 4 rings (SSSR count). The summed E-state index contributed by atoms with van der Waals surface area (Å²) in [6.45, 7) is 0. The van der Waals surface area contributed by atoms with Gasteiger partial charge in [0.25, 0.3) is 0 Å². The molecule has 2 nitrogen and oxygen atoms in total. The van der Waals surface area contributed by atoms with Gasteiger partial charge in [0.2, 0.25) is 0 Å². The second-order valence-electron chi connectivity index (χ2n) is 5.03. The fourth-order valence-electron chi connectivity index (χ4n) is 2.61. The maximum absolute atomic E-state index is 13.5. The van der Waals surface area contributed by atoms with Crippen LogP contribution in [-0.4, -0.2) is 0 Å². The maximum atomic E-state index is 13.5. The molecule has 0 aliphatic carbocycles. The van der Waals surface area contributed by atoms with Gasteiger partial charge >= 0.3 is 0 Å². The molecule has 2 aromatic carbocycles. The minimum absolute atomic E-state index is 0.181. The predicted molar refractivity (Wildman–Crippen MR) is 84.0 cm³/mol. The highest BCUT2D eigenvalue weighted by atomic mass is 32.1. The smallest absolute Gasteiger partial charge is 0.135 e. The average Bonchev–Trinajstić information content (AvgIpc) is 3.13. The molecule has 4 aromatic rings. The molecule has 21 heavy (non-hydrogen) atoms. The molecule has 0 spiro atoms. The van der Waals surface area contributed by atoms with Crippen molar-refractivity contribution in [3.63, 3.8) is 0 Å². The lowest BCUT2D eigenvalue weighted by Crippen LogP contribution is -2.10. The van der Waals surface area contributed by atoms with Crippen LogP contribution in [0.3, 0.4) is 0 Å². The van der Waals surface area contributed by atoms with Crippen LogP contribution in [0, 0.1) is 5.82 Å². The van der Waals surface area contributed by atoms with E-state index in [2.05, 4.69) is 0 Å². The Morgan fingerprint density at radius 1 is 0.952 bits per heavy atom. The average molecular weight is 297 g/mol.